The average Bonchev–Trinajstić information content (AvgIpc) is 2.50. The average molecular weight is 293 g/mol. The lowest BCUT2D eigenvalue weighted by Crippen LogP contribution is -2.35. The van der Waals surface area contributed by atoms with E-state index in [9.17, 15) is 0 Å². The van der Waals surface area contributed by atoms with Crippen molar-refractivity contribution in [1.29, 1.82) is 5.26 Å². The Bertz CT molecular complexity index is 300. The van der Waals surface area contributed by atoms with Crippen LogP contribution in [0.4, 0.5) is 0 Å². The van der Waals surface area contributed by atoms with Gasteiger partial charge in [-0.05, 0) is 72.6 Å². The number of nitriles is 1. The highest BCUT2D eigenvalue weighted by Crippen LogP contribution is 2.22. The van der Waals surface area contributed by atoms with Gasteiger partial charge in [-0.25, -0.2) is 0 Å². The van der Waals surface area contributed by atoms with Gasteiger partial charge in [-0.1, -0.05) is 25.7 Å². The molecule has 21 heavy (non-hydrogen) atoms. The Balaban J connectivity index is 1.91. The van der Waals surface area contributed by atoms with Crippen LogP contribution in [0.5, 0.6) is 0 Å². The van der Waals surface area contributed by atoms with Crippen LogP contribution in [0.1, 0.15) is 71.6 Å². The molecular weight excluding hydrogens is 258 g/mol. The molecule has 0 radical (unpaired) electrons. The molecule has 1 N–H and O–H groups in total. The third kappa shape index (κ3) is 8.44. The van der Waals surface area contributed by atoms with Crippen molar-refractivity contribution in [3.63, 3.8) is 0 Å². The van der Waals surface area contributed by atoms with Gasteiger partial charge < -0.3 is 10.2 Å². The molecule has 3 nitrogen and oxygen atoms in total. The number of hydrogen-bond donors (Lipinski definition) is 1. The number of unbranched alkanes of at least 4 members (excludes halogenated alkanes) is 1. The Morgan fingerprint density at radius 1 is 1.10 bits per heavy atom. The molecule has 0 unspecified atom stereocenters. The largest absolute Gasteiger partial charge is 0.317 e. The summed E-state index contributed by atoms with van der Waals surface area (Å²) in [6.45, 7) is 7.50. The molecule has 0 amide bonds. The molecule has 0 bridgehead atoms. The van der Waals surface area contributed by atoms with Crippen LogP contribution in [-0.4, -0.2) is 37.6 Å². The summed E-state index contributed by atoms with van der Waals surface area (Å²) < 4.78 is 0. The van der Waals surface area contributed by atoms with E-state index >= 15 is 0 Å². The van der Waals surface area contributed by atoms with Crippen LogP contribution < -0.4 is 5.32 Å². The van der Waals surface area contributed by atoms with Crippen molar-refractivity contribution in [2.45, 2.75) is 77.7 Å². The Morgan fingerprint density at radius 3 is 2.43 bits per heavy atom. The number of nitrogens with one attached hydrogen (secondary N) is 1. The second-order valence-corrected chi connectivity index (χ2v) is 7.33. The second-order valence-electron chi connectivity index (χ2n) is 7.33. The van der Waals surface area contributed by atoms with Crippen molar-refractivity contribution in [3.05, 3.63) is 0 Å². The molecule has 122 valence electrons. The molecule has 1 fully saturated rings. The summed E-state index contributed by atoms with van der Waals surface area (Å²) in [5.41, 5.74) is -0.150. The van der Waals surface area contributed by atoms with E-state index in [4.69, 9.17) is 5.26 Å². The monoisotopic (exact) mass is 293 g/mol. The summed E-state index contributed by atoms with van der Waals surface area (Å²) in [5, 5.41) is 12.5. The fourth-order valence-corrected chi connectivity index (χ4v) is 3.16. The lowest BCUT2D eigenvalue weighted by Gasteiger charge is -2.31. The summed E-state index contributed by atoms with van der Waals surface area (Å²) in [4.78, 5) is 2.57. The van der Waals surface area contributed by atoms with E-state index in [1.54, 1.807) is 0 Å². The molecule has 0 aromatic heterocycles. The van der Waals surface area contributed by atoms with E-state index in [1.165, 1.54) is 51.5 Å². The fourth-order valence-electron chi connectivity index (χ4n) is 3.16. The molecule has 0 saturated heterocycles. The van der Waals surface area contributed by atoms with Gasteiger partial charge in [0.25, 0.3) is 0 Å². The van der Waals surface area contributed by atoms with Crippen molar-refractivity contribution in [2.75, 3.05) is 26.7 Å². The number of hydrogen-bond acceptors (Lipinski definition) is 3. The minimum Gasteiger partial charge on any atom is -0.317 e. The molecular formula is C18H35N3. The van der Waals surface area contributed by atoms with Crippen LogP contribution >= 0.6 is 0 Å². The van der Waals surface area contributed by atoms with Crippen LogP contribution in [0.2, 0.25) is 0 Å². The highest BCUT2D eigenvalue weighted by Gasteiger charge is 2.17. The van der Waals surface area contributed by atoms with Gasteiger partial charge in [0.05, 0.1) is 11.5 Å². The molecule has 1 aliphatic carbocycles. The standard InChI is InChI=1S/C18H35N3/c1-18(2,16-19)12-7-8-13-20-14-9-15-21(3)17-10-5-4-6-11-17/h17,20H,4-15H2,1-3H3. The van der Waals surface area contributed by atoms with Crippen molar-refractivity contribution >= 4 is 0 Å². The van der Waals surface area contributed by atoms with Gasteiger partial charge in [0.15, 0.2) is 0 Å². The zero-order chi connectivity index (χ0) is 15.6. The van der Waals surface area contributed by atoms with Gasteiger partial charge >= 0.3 is 0 Å². The first-order valence-electron chi connectivity index (χ1n) is 8.87. The Labute approximate surface area is 132 Å². The molecule has 1 rings (SSSR count). The first kappa shape index (κ1) is 18.5. The van der Waals surface area contributed by atoms with Crippen LogP contribution in [-0.2, 0) is 0 Å². The summed E-state index contributed by atoms with van der Waals surface area (Å²) in [6, 6.07) is 3.21. The van der Waals surface area contributed by atoms with Gasteiger partial charge in [0.2, 0.25) is 0 Å². The molecule has 1 saturated carbocycles. The zero-order valence-electron chi connectivity index (χ0n) is 14.5. The van der Waals surface area contributed by atoms with Crippen LogP contribution in [0.25, 0.3) is 0 Å². The van der Waals surface area contributed by atoms with E-state index in [-0.39, 0.29) is 5.41 Å². The molecule has 0 aromatic rings. The highest BCUT2D eigenvalue weighted by atomic mass is 15.1. The SMILES string of the molecule is CN(CCCNCCCCC(C)(C)C#N)C1CCCCC1. The summed E-state index contributed by atoms with van der Waals surface area (Å²) in [5.74, 6) is 0. The normalized spacial score (nSPS) is 17.1. The maximum Gasteiger partial charge on any atom is 0.0683 e. The zero-order valence-corrected chi connectivity index (χ0v) is 14.5. The highest BCUT2D eigenvalue weighted by molar-refractivity contribution is 4.91. The summed E-state index contributed by atoms with van der Waals surface area (Å²) in [7, 11) is 2.29. The molecule has 1 aliphatic rings. The Morgan fingerprint density at radius 2 is 1.76 bits per heavy atom. The lowest BCUT2D eigenvalue weighted by molar-refractivity contribution is 0.189. The number of rotatable bonds is 10. The topological polar surface area (TPSA) is 39.1 Å². The third-order valence-corrected chi connectivity index (χ3v) is 4.77. The van der Waals surface area contributed by atoms with Gasteiger partial charge in [-0.3, -0.25) is 0 Å². The van der Waals surface area contributed by atoms with Crippen LogP contribution in [0.15, 0.2) is 0 Å². The van der Waals surface area contributed by atoms with Gasteiger partial charge in [0.1, 0.15) is 0 Å². The van der Waals surface area contributed by atoms with Gasteiger partial charge in [-0.15, -0.1) is 0 Å². The molecule has 3 heteroatoms. The Hall–Kier alpha value is -0.590. The van der Waals surface area contributed by atoms with E-state index in [0.717, 1.165) is 32.0 Å². The molecule has 0 aliphatic heterocycles. The van der Waals surface area contributed by atoms with Crippen molar-refractivity contribution in [2.24, 2.45) is 5.41 Å². The predicted octanol–water partition coefficient (Wildman–Crippen LogP) is 3.95. The van der Waals surface area contributed by atoms with Crippen molar-refractivity contribution in [1.82, 2.24) is 10.2 Å². The number of nitrogens with zero attached hydrogens (tertiary/aromatic N) is 2. The second kappa shape index (κ2) is 10.2. The van der Waals surface area contributed by atoms with Crippen LogP contribution in [0, 0.1) is 16.7 Å². The van der Waals surface area contributed by atoms with E-state index in [0.29, 0.717) is 0 Å². The van der Waals surface area contributed by atoms with Crippen molar-refractivity contribution < 1.29 is 0 Å². The minimum absolute atomic E-state index is 0.150. The molecule has 0 spiro atoms. The van der Waals surface area contributed by atoms with Gasteiger partial charge in [-0.2, -0.15) is 5.26 Å². The fraction of sp³-hybridized carbons (Fsp3) is 0.944. The third-order valence-electron chi connectivity index (χ3n) is 4.77. The van der Waals surface area contributed by atoms with E-state index in [2.05, 4.69) is 23.3 Å². The smallest absolute Gasteiger partial charge is 0.0683 e. The minimum atomic E-state index is -0.150. The summed E-state index contributed by atoms with van der Waals surface area (Å²) in [6.07, 6.45) is 11.7. The predicted molar refractivity (Wildman–Crippen MR) is 90.2 cm³/mol. The summed E-state index contributed by atoms with van der Waals surface area (Å²) >= 11 is 0. The quantitative estimate of drug-likeness (QED) is 0.620. The maximum atomic E-state index is 8.96. The molecule has 0 aromatic carbocycles. The van der Waals surface area contributed by atoms with E-state index in [1.807, 2.05) is 13.8 Å². The first-order valence-corrected chi connectivity index (χ1v) is 8.87. The lowest BCUT2D eigenvalue weighted by atomic mass is 9.89. The van der Waals surface area contributed by atoms with E-state index < -0.39 is 0 Å². The maximum absolute atomic E-state index is 8.96. The van der Waals surface area contributed by atoms with Crippen molar-refractivity contribution in [3.8, 4) is 6.07 Å². The van der Waals surface area contributed by atoms with Gasteiger partial charge in [0, 0.05) is 6.04 Å². The molecule has 0 atom stereocenters. The molecule has 0 heterocycles. The van der Waals surface area contributed by atoms with Crippen LogP contribution in [0.3, 0.4) is 0 Å². The Kier molecular flexibility index (Phi) is 8.96. The first-order chi connectivity index (χ1) is 10.0.